The van der Waals surface area contributed by atoms with Crippen LogP contribution in [-0.2, 0) is 9.59 Å². The van der Waals surface area contributed by atoms with E-state index >= 15 is 0 Å². The monoisotopic (exact) mass is 92.0 g/mol. The van der Waals surface area contributed by atoms with E-state index in [1.165, 1.54) is 0 Å². The van der Waals surface area contributed by atoms with Gasteiger partial charge in [0.2, 0.25) is 5.78 Å². The van der Waals surface area contributed by atoms with Crippen LogP contribution in [-0.4, -0.2) is 16.9 Å². The average Bonchev–Trinajstić information content (AvgIpc) is 1.62. The quantitative estimate of drug-likeness (QED) is 0.355. The maximum Gasteiger partial charge on any atom is 0.371 e. The number of carboxylic acid groups (broad SMARTS) is 1. The van der Waals surface area contributed by atoms with E-state index < -0.39 is 18.6 Å². The Hall–Kier alpha value is -0.860. The number of hydrogen-bond donors (Lipinski definition) is 1. The zero-order valence-corrected chi connectivity index (χ0v) is 2.76. The van der Waals surface area contributed by atoms with Gasteiger partial charge in [0, 0.05) is 11.0 Å². The molecule has 0 saturated carbocycles. The Bertz CT molecular complexity index is 147. The van der Waals surface area contributed by atoms with E-state index in [9.17, 15) is 9.59 Å². The van der Waals surface area contributed by atoms with E-state index in [1.54, 1.807) is 0 Å². The highest BCUT2D eigenvalue weighted by Crippen LogP contribution is 1.61. The lowest BCUT2D eigenvalue weighted by Crippen LogP contribution is -2.05. The van der Waals surface area contributed by atoms with E-state index in [0.717, 1.165) is 0 Å². The van der Waals surface area contributed by atoms with Gasteiger partial charge in [0.25, 0.3) is 0 Å². The normalized spacial score (nSPS) is 17.0. The molecular weight excluding hydrogens is 85.0 g/mol. The van der Waals surface area contributed by atoms with Crippen molar-refractivity contribution >= 4 is 11.8 Å². The van der Waals surface area contributed by atoms with Crippen LogP contribution in [0.3, 0.4) is 0 Å². The van der Waals surface area contributed by atoms with Gasteiger partial charge in [-0.05, 0) is 0 Å². The molecule has 3 heteroatoms. The summed E-state index contributed by atoms with van der Waals surface area (Å²) in [4.78, 5) is 19.6. The molecule has 0 aliphatic rings. The summed E-state index contributed by atoms with van der Waals surface area (Å²) in [5.74, 6) is -3.67. The lowest BCUT2D eigenvalue weighted by molar-refractivity contribution is -0.148. The first-order valence-electron chi connectivity index (χ1n) is 2.63. The van der Waals surface area contributed by atoms with Crippen molar-refractivity contribution in [3.8, 4) is 0 Å². The van der Waals surface area contributed by atoms with Crippen molar-refractivity contribution in [2.45, 2.75) is 6.85 Å². The Balaban J connectivity index is 4.23. The second-order valence-corrected chi connectivity index (χ2v) is 0.634. The van der Waals surface area contributed by atoms with Crippen molar-refractivity contribution in [3.63, 3.8) is 0 Å². The van der Waals surface area contributed by atoms with Crippen molar-refractivity contribution in [3.05, 3.63) is 0 Å². The van der Waals surface area contributed by atoms with Crippen LogP contribution in [0.5, 0.6) is 0 Å². The molecule has 0 unspecified atom stereocenters. The Morgan fingerprint density at radius 3 is 2.33 bits per heavy atom. The van der Waals surface area contributed by atoms with Gasteiger partial charge in [-0.1, -0.05) is 0 Å². The van der Waals surface area contributed by atoms with Gasteiger partial charge in [0.1, 0.15) is 0 Å². The molecule has 0 aromatic carbocycles. The number of carboxylic acids is 1. The largest absolute Gasteiger partial charge is 0.476 e. The Labute approximate surface area is 38.8 Å². The zero-order valence-electron chi connectivity index (χ0n) is 5.76. The van der Waals surface area contributed by atoms with Crippen molar-refractivity contribution < 1.29 is 18.8 Å². The summed E-state index contributed by atoms with van der Waals surface area (Å²) >= 11 is 0. The van der Waals surface area contributed by atoms with E-state index in [4.69, 9.17) is 9.22 Å². The Morgan fingerprint density at radius 2 is 2.33 bits per heavy atom. The maximum atomic E-state index is 10.0. The highest BCUT2D eigenvalue weighted by molar-refractivity contribution is 6.31. The topological polar surface area (TPSA) is 54.4 Å². The van der Waals surface area contributed by atoms with Crippen LogP contribution in [0.25, 0.3) is 0 Å². The van der Waals surface area contributed by atoms with Gasteiger partial charge in [0.05, 0.1) is 0 Å². The predicted octanol–water partition coefficient (Wildman–Crippen LogP) is -0.340. The molecule has 3 nitrogen and oxygen atoms in total. The van der Waals surface area contributed by atoms with E-state index in [0.29, 0.717) is 0 Å². The number of aliphatic carboxylic acids is 1. The van der Waals surface area contributed by atoms with Gasteiger partial charge in [-0.2, -0.15) is 0 Å². The molecule has 0 aliphatic heterocycles. The molecule has 0 fully saturated rings. The van der Waals surface area contributed by atoms with Crippen LogP contribution >= 0.6 is 0 Å². The highest BCUT2D eigenvalue weighted by Gasteiger charge is 1.98. The molecule has 0 rings (SSSR count). The molecular formula is C3H4O3. The third-order valence-electron chi connectivity index (χ3n) is 0.194. The second-order valence-electron chi connectivity index (χ2n) is 0.634. The van der Waals surface area contributed by atoms with Gasteiger partial charge in [-0.3, -0.25) is 4.79 Å². The van der Waals surface area contributed by atoms with E-state index in [2.05, 4.69) is 0 Å². The fraction of sp³-hybridized carbons (Fsp3) is 0.333. The smallest absolute Gasteiger partial charge is 0.371 e. The van der Waals surface area contributed by atoms with Crippen LogP contribution < -0.4 is 0 Å². The average molecular weight is 92.1 g/mol. The highest BCUT2D eigenvalue weighted by atomic mass is 16.4. The minimum Gasteiger partial charge on any atom is -0.476 e. The summed E-state index contributed by atoms with van der Waals surface area (Å²) in [5.41, 5.74) is 0. The fourth-order valence-electron chi connectivity index (χ4n) is 0. The molecule has 0 bridgehead atoms. The molecule has 0 radical (unpaired) electrons. The molecule has 1 N–H and O–H groups in total. The SMILES string of the molecule is [2H]C([2H])([2H])[13C](=O)C(=O)O. The van der Waals surface area contributed by atoms with Gasteiger partial charge < -0.3 is 5.11 Å². The first-order valence-corrected chi connectivity index (χ1v) is 1.13. The van der Waals surface area contributed by atoms with Crippen LogP contribution in [0.4, 0.5) is 0 Å². The summed E-state index contributed by atoms with van der Waals surface area (Å²) < 4.78 is 18.8. The van der Waals surface area contributed by atoms with E-state index in [1.807, 2.05) is 0 Å². The van der Waals surface area contributed by atoms with Crippen LogP contribution in [0.1, 0.15) is 11.0 Å². The molecule has 0 amide bonds. The molecule has 6 heavy (non-hydrogen) atoms. The summed E-state index contributed by atoms with van der Waals surface area (Å²) in [6, 6.07) is 0. The molecule has 0 aromatic heterocycles. The van der Waals surface area contributed by atoms with Crippen LogP contribution in [0.15, 0.2) is 0 Å². The number of ketones is 1. The molecule has 0 aromatic rings. The number of hydrogen-bond acceptors (Lipinski definition) is 2. The first-order chi connectivity index (χ1) is 3.85. The maximum absolute atomic E-state index is 10.0. The third-order valence-corrected chi connectivity index (χ3v) is 0.194. The number of carbonyl (C=O) groups excluding carboxylic acids is 1. The molecule has 0 saturated heterocycles. The van der Waals surface area contributed by atoms with Crippen molar-refractivity contribution in [1.29, 1.82) is 0 Å². The zero-order chi connectivity index (χ0) is 7.65. The Kier molecular flexibility index (Phi) is 0.445. The number of rotatable bonds is 1. The molecule has 0 aliphatic carbocycles. The van der Waals surface area contributed by atoms with Crippen molar-refractivity contribution in [2.75, 3.05) is 0 Å². The summed E-state index contributed by atoms with van der Waals surface area (Å²) in [6.45, 7) is -3.01. The summed E-state index contributed by atoms with van der Waals surface area (Å²) in [7, 11) is 0. The molecule has 0 atom stereocenters. The van der Waals surface area contributed by atoms with Gasteiger partial charge in [-0.15, -0.1) is 0 Å². The first kappa shape index (κ1) is 1.73. The lowest BCUT2D eigenvalue weighted by Gasteiger charge is -1.73. The molecule has 0 heterocycles. The van der Waals surface area contributed by atoms with Crippen molar-refractivity contribution in [1.82, 2.24) is 0 Å². The van der Waals surface area contributed by atoms with Crippen molar-refractivity contribution in [2.24, 2.45) is 0 Å². The minimum absolute atomic E-state index is 1.75. The predicted molar refractivity (Wildman–Crippen MR) is 18.3 cm³/mol. The van der Waals surface area contributed by atoms with E-state index in [-0.39, 0.29) is 0 Å². The molecule has 0 spiro atoms. The standard InChI is InChI=1S/C3H4O3/c1-2(4)3(5)6/h1H3,(H,5,6)/i1D3,2+1. The van der Waals surface area contributed by atoms with Crippen LogP contribution in [0.2, 0.25) is 0 Å². The van der Waals surface area contributed by atoms with Crippen LogP contribution in [0, 0.1) is 0 Å². The minimum atomic E-state index is -3.01. The van der Waals surface area contributed by atoms with Gasteiger partial charge >= 0.3 is 5.97 Å². The third kappa shape index (κ3) is 1.46. The van der Waals surface area contributed by atoms with Gasteiger partial charge in [-0.25, -0.2) is 4.79 Å². The van der Waals surface area contributed by atoms with Gasteiger partial charge in [0.15, 0.2) is 0 Å². The molecule has 34 valence electrons. The second kappa shape index (κ2) is 1.55. The Morgan fingerprint density at radius 1 is 1.83 bits per heavy atom. The lowest BCUT2D eigenvalue weighted by atomic mass is 10.9. The fourth-order valence-corrected chi connectivity index (χ4v) is 0. The number of carbonyl (C=O) groups is 2. The summed E-state index contributed by atoms with van der Waals surface area (Å²) in [5, 5.41) is 7.81. The number of Topliss-reactive ketones (excluding diaryl/α,β-unsaturated/α-hetero) is 1. The summed E-state index contributed by atoms with van der Waals surface area (Å²) in [6.07, 6.45) is 0.